The Hall–Kier alpha value is -3.44. The van der Waals surface area contributed by atoms with Crippen molar-refractivity contribution in [1.29, 1.82) is 0 Å². The summed E-state index contributed by atoms with van der Waals surface area (Å²) in [7, 11) is 0. The van der Waals surface area contributed by atoms with E-state index in [1.807, 2.05) is 60.7 Å². The van der Waals surface area contributed by atoms with Crippen molar-refractivity contribution in [3.63, 3.8) is 0 Å². The Kier molecular flexibility index (Phi) is 3.74. The molecule has 5 rings (SSSR count). The molecule has 0 spiro atoms. The predicted molar refractivity (Wildman–Crippen MR) is 118 cm³/mol. The summed E-state index contributed by atoms with van der Waals surface area (Å²) in [6.07, 6.45) is 15.5. The highest BCUT2D eigenvalue weighted by Gasteiger charge is 2.40. The van der Waals surface area contributed by atoms with Gasteiger partial charge < -0.3 is 15.4 Å². The molecular formula is C24H22N4O. The maximum absolute atomic E-state index is 10.7. The molecule has 5 heteroatoms. The van der Waals surface area contributed by atoms with Crippen LogP contribution in [0.2, 0.25) is 0 Å². The first-order valence-corrected chi connectivity index (χ1v) is 9.58. The van der Waals surface area contributed by atoms with E-state index in [0.717, 1.165) is 39.1 Å². The molecule has 1 aromatic rings. The fourth-order valence-corrected chi connectivity index (χ4v) is 3.81. The smallest absolute Gasteiger partial charge is 0.0877 e. The van der Waals surface area contributed by atoms with Crippen molar-refractivity contribution in [3.05, 3.63) is 94.6 Å². The molecule has 3 atom stereocenters. The quantitative estimate of drug-likeness (QED) is 0.730. The number of fused-ring (bicyclic) bond motifs is 6. The Morgan fingerprint density at radius 2 is 1.76 bits per heavy atom. The largest absolute Gasteiger partial charge is 0.391 e. The molecule has 0 radical (unpaired) electrons. The Bertz CT molecular complexity index is 1280. The molecule has 0 amide bonds. The molecule has 0 saturated heterocycles. The van der Waals surface area contributed by atoms with E-state index < -0.39 is 18.0 Å². The van der Waals surface area contributed by atoms with Crippen LogP contribution >= 0.6 is 0 Å². The molecule has 144 valence electrons. The molecule has 4 aliphatic heterocycles. The number of allylic oxidation sites excluding steroid dienone is 6. The molecule has 0 aromatic carbocycles. The van der Waals surface area contributed by atoms with Crippen molar-refractivity contribution in [2.75, 3.05) is 0 Å². The predicted octanol–water partition coefficient (Wildman–Crippen LogP) is 1.93. The first-order chi connectivity index (χ1) is 14.5. The van der Waals surface area contributed by atoms with Crippen LogP contribution < -0.4 is 16.0 Å². The van der Waals surface area contributed by atoms with Gasteiger partial charge >= 0.3 is 0 Å². The maximum Gasteiger partial charge on any atom is 0.0877 e. The molecule has 0 saturated carbocycles. The van der Waals surface area contributed by atoms with E-state index in [4.69, 9.17) is 1.37 Å². The summed E-state index contributed by atoms with van der Waals surface area (Å²) >= 11 is 0. The van der Waals surface area contributed by atoms with Crippen molar-refractivity contribution in [1.82, 2.24) is 10.3 Å². The van der Waals surface area contributed by atoms with Gasteiger partial charge in [-0.1, -0.05) is 12.7 Å². The van der Waals surface area contributed by atoms with Crippen LogP contribution in [-0.4, -0.2) is 33.2 Å². The van der Waals surface area contributed by atoms with E-state index in [2.05, 4.69) is 26.9 Å². The second-order valence-corrected chi connectivity index (χ2v) is 7.49. The van der Waals surface area contributed by atoms with Crippen LogP contribution in [0.1, 0.15) is 14.7 Å². The maximum atomic E-state index is 10.7. The molecule has 4 aliphatic rings. The zero-order chi connectivity index (χ0) is 20.9. The zero-order valence-corrected chi connectivity index (χ0v) is 16.1. The van der Waals surface area contributed by atoms with Gasteiger partial charge in [0.2, 0.25) is 0 Å². The van der Waals surface area contributed by atoms with Gasteiger partial charge in [0, 0.05) is 24.2 Å². The lowest BCUT2D eigenvalue weighted by atomic mass is 9.88. The SMILES string of the molecule is [2H]C1C(C=C)=C2C=C3C=CC(=N3)C=c3ccc([nH]3)=CC3=NC(=CC1(C(C)O)N2)C=C3. The van der Waals surface area contributed by atoms with E-state index in [-0.39, 0.29) is 0 Å². The molecule has 8 bridgehead atoms. The number of hydrogen-bond acceptors (Lipinski definition) is 4. The average molecular weight is 383 g/mol. The number of nitrogens with zero attached hydrogens (tertiary/aromatic N) is 2. The fraction of sp³-hybridized carbons (Fsp3) is 0.167. The number of nitrogens with one attached hydrogen (secondary N) is 2. The molecule has 3 N–H and O–H groups in total. The highest BCUT2D eigenvalue weighted by atomic mass is 16.3. The number of aliphatic hydroxyl groups excluding tert-OH is 1. The van der Waals surface area contributed by atoms with E-state index in [1.165, 1.54) is 0 Å². The molecule has 1 aromatic heterocycles. The third-order valence-electron chi connectivity index (χ3n) is 5.35. The first-order valence-electron chi connectivity index (χ1n) is 10.2. The van der Waals surface area contributed by atoms with E-state index >= 15 is 0 Å². The van der Waals surface area contributed by atoms with Gasteiger partial charge in [0.25, 0.3) is 0 Å². The fourth-order valence-electron chi connectivity index (χ4n) is 3.81. The first kappa shape index (κ1) is 16.5. The van der Waals surface area contributed by atoms with Crippen LogP contribution in [0.5, 0.6) is 0 Å². The second kappa shape index (κ2) is 6.57. The van der Waals surface area contributed by atoms with Crippen LogP contribution in [0.3, 0.4) is 0 Å². The average Bonchev–Trinajstić information content (AvgIpc) is 3.47. The summed E-state index contributed by atoms with van der Waals surface area (Å²) in [4.78, 5) is 12.7. The van der Waals surface area contributed by atoms with Gasteiger partial charge in [-0.2, -0.15) is 0 Å². The van der Waals surface area contributed by atoms with Gasteiger partial charge in [-0.25, -0.2) is 9.98 Å². The van der Waals surface area contributed by atoms with Gasteiger partial charge in [0.15, 0.2) is 0 Å². The van der Waals surface area contributed by atoms with Crippen LogP contribution in [0.15, 0.2) is 93.9 Å². The zero-order valence-electron chi connectivity index (χ0n) is 17.1. The van der Waals surface area contributed by atoms with E-state index in [9.17, 15) is 5.11 Å². The lowest BCUT2D eigenvalue weighted by Gasteiger charge is -2.31. The second-order valence-electron chi connectivity index (χ2n) is 7.49. The summed E-state index contributed by atoms with van der Waals surface area (Å²) in [6.45, 7) is 5.59. The lowest BCUT2D eigenvalue weighted by molar-refractivity contribution is 0.116. The van der Waals surface area contributed by atoms with Gasteiger partial charge in [-0.15, -0.1) is 0 Å². The van der Waals surface area contributed by atoms with Gasteiger partial charge in [0.1, 0.15) is 0 Å². The Labute approximate surface area is 170 Å². The van der Waals surface area contributed by atoms with Crippen LogP contribution in [-0.2, 0) is 0 Å². The van der Waals surface area contributed by atoms with Crippen molar-refractivity contribution >= 4 is 23.6 Å². The molecular weight excluding hydrogens is 360 g/mol. The number of hydrogen-bond donors (Lipinski definition) is 3. The third-order valence-corrected chi connectivity index (χ3v) is 5.35. The normalized spacial score (nSPS) is 28.5. The third kappa shape index (κ3) is 3.19. The number of aromatic nitrogens is 1. The molecule has 0 fully saturated rings. The number of aromatic amines is 1. The monoisotopic (exact) mass is 383 g/mol. The summed E-state index contributed by atoms with van der Waals surface area (Å²) < 4.78 is 8.89. The Balaban J connectivity index is 1.75. The topological polar surface area (TPSA) is 72.8 Å². The lowest BCUT2D eigenvalue weighted by Crippen LogP contribution is -2.48. The molecule has 29 heavy (non-hydrogen) atoms. The standard InChI is InChI=1S/C24H22N4O/c1-3-16-13-24(15(2)29)14-22-9-8-20(27-22)11-18-5-4-17(25-18)10-19-6-7-21(26-19)12-23(16)28-24/h3-12,14-15,25,28-29H,1,13H2,2H3/i13D. The van der Waals surface area contributed by atoms with E-state index in [0.29, 0.717) is 5.70 Å². The number of aliphatic hydroxyl groups is 1. The summed E-state index contributed by atoms with van der Waals surface area (Å²) in [5, 5.41) is 16.0. The van der Waals surface area contributed by atoms with Crippen molar-refractivity contribution < 1.29 is 6.48 Å². The minimum atomic E-state index is -1.02. The van der Waals surface area contributed by atoms with Crippen LogP contribution in [0, 0.1) is 0 Å². The Morgan fingerprint density at radius 1 is 1.10 bits per heavy atom. The highest BCUT2D eigenvalue weighted by Crippen LogP contribution is 2.35. The van der Waals surface area contributed by atoms with Crippen molar-refractivity contribution in [3.8, 4) is 0 Å². The van der Waals surface area contributed by atoms with Gasteiger partial charge in [0.05, 0.1) is 34.5 Å². The van der Waals surface area contributed by atoms with Crippen LogP contribution in [0.25, 0.3) is 12.2 Å². The number of rotatable bonds is 2. The molecule has 5 nitrogen and oxygen atoms in total. The summed E-state index contributed by atoms with van der Waals surface area (Å²) in [6, 6.07) is 4.01. The molecule has 5 heterocycles. The summed E-state index contributed by atoms with van der Waals surface area (Å²) in [5.74, 6) is 0. The van der Waals surface area contributed by atoms with Crippen molar-refractivity contribution in [2.24, 2.45) is 9.98 Å². The number of aliphatic imine (C=N–C) groups is 2. The van der Waals surface area contributed by atoms with Crippen molar-refractivity contribution in [2.45, 2.75) is 25.0 Å². The van der Waals surface area contributed by atoms with Gasteiger partial charge in [-0.05, 0) is 73.2 Å². The number of H-pyrrole nitrogens is 1. The molecule has 3 unspecified atom stereocenters. The van der Waals surface area contributed by atoms with Crippen LogP contribution in [0.4, 0.5) is 0 Å². The minimum absolute atomic E-state index is 0.704. The minimum Gasteiger partial charge on any atom is -0.391 e. The van der Waals surface area contributed by atoms with E-state index in [1.54, 1.807) is 13.0 Å². The molecule has 0 aliphatic carbocycles. The summed E-state index contributed by atoms with van der Waals surface area (Å²) in [5.41, 5.74) is 3.55. The Morgan fingerprint density at radius 3 is 2.41 bits per heavy atom. The van der Waals surface area contributed by atoms with Gasteiger partial charge in [-0.3, -0.25) is 0 Å². The highest BCUT2D eigenvalue weighted by molar-refractivity contribution is 6.20.